The lowest BCUT2D eigenvalue weighted by Gasteiger charge is -2.27. The van der Waals surface area contributed by atoms with Gasteiger partial charge in [-0.2, -0.15) is 0 Å². The highest BCUT2D eigenvalue weighted by Crippen LogP contribution is 2.33. The van der Waals surface area contributed by atoms with Crippen molar-refractivity contribution in [1.29, 1.82) is 0 Å². The first-order valence-electron chi connectivity index (χ1n) is 6.50. The van der Waals surface area contributed by atoms with Crippen LogP contribution in [0.15, 0.2) is 0 Å². The summed E-state index contributed by atoms with van der Waals surface area (Å²) in [6.07, 6.45) is 5.63. The minimum Gasteiger partial charge on any atom is -0.389 e. The van der Waals surface area contributed by atoms with Crippen LogP contribution in [0.4, 0.5) is 0 Å². The van der Waals surface area contributed by atoms with Crippen LogP contribution in [0.25, 0.3) is 0 Å². The van der Waals surface area contributed by atoms with Gasteiger partial charge >= 0.3 is 0 Å². The summed E-state index contributed by atoms with van der Waals surface area (Å²) in [5.41, 5.74) is -0.431. The van der Waals surface area contributed by atoms with Gasteiger partial charge in [-0.1, -0.05) is 33.6 Å². The first-order valence-corrected chi connectivity index (χ1v) is 6.50. The van der Waals surface area contributed by atoms with Crippen LogP contribution in [0.1, 0.15) is 52.9 Å². The van der Waals surface area contributed by atoms with Gasteiger partial charge < -0.3 is 10.4 Å². The minimum atomic E-state index is -0.431. The molecule has 2 nitrogen and oxygen atoms in total. The second kappa shape index (κ2) is 5.86. The van der Waals surface area contributed by atoms with Crippen molar-refractivity contribution >= 4 is 0 Å². The van der Waals surface area contributed by atoms with Crippen LogP contribution in [0, 0.1) is 11.8 Å². The predicted molar refractivity (Wildman–Crippen MR) is 64.9 cm³/mol. The first-order chi connectivity index (χ1) is 7.07. The molecule has 2 N–H and O–H groups in total. The van der Waals surface area contributed by atoms with Gasteiger partial charge in [-0.3, -0.25) is 0 Å². The van der Waals surface area contributed by atoms with Gasteiger partial charge in [0.15, 0.2) is 0 Å². The number of hydrogen-bond donors (Lipinski definition) is 2. The number of likely N-dealkylation sites (N-methyl/N-ethyl adjacent to an activating group) is 1. The van der Waals surface area contributed by atoms with Gasteiger partial charge in [0, 0.05) is 6.54 Å². The van der Waals surface area contributed by atoms with Crippen molar-refractivity contribution in [3.8, 4) is 0 Å². The zero-order valence-corrected chi connectivity index (χ0v) is 10.6. The lowest BCUT2D eigenvalue weighted by molar-refractivity contribution is 0.0243. The van der Waals surface area contributed by atoms with E-state index in [4.69, 9.17) is 0 Å². The molecule has 0 aromatic carbocycles. The maximum atomic E-state index is 10.4. The van der Waals surface area contributed by atoms with Crippen molar-refractivity contribution in [3.05, 3.63) is 0 Å². The van der Waals surface area contributed by atoms with Crippen LogP contribution in [0.5, 0.6) is 0 Å². The van der Waals surface area contributed by atoms with Gasteiger partial charge in [-0.05, 0) is 37.6 Å². The average Bonchev–Trinajstić information content (AvgIpc) is 2.38. The Balaban J connectivity index is 2.43. The molecule has 1 aliphatic rings. The summed E-state index contributed by atoms with van der Waals surface area (Å²) in [6.45, 7) is 8.43. The van der Waals surface area contributed by atoms with Crippen molar-refractivity contribution in [1.82, 2.24) is 5.32 Å². The summed E-state index contributed by atoms with van der Waals surface area (Å²) >= 11 is 0. The van der Waals surface area contributed by atoms with Crippen LogP contribution in [-0.4, -0.2) is 23.8 Å². The lowest BCUT2D eigenvalue weighted by Crippen LogP contribution is -2.40. The molecule has 0 bridgehead atoms. The van der Waals surface area contributed by atoms with E-state index < -0.39 is 5.60 Å². The van der Waals surface area contributed by atoms with E-state index in [-0.39, 0.29) is 0 Å². The molecule has 90 valence electrons. The second-order valence-corrected chi connectivity index (χ2v) is 5.44. The molecule has 2 heteroatoms. The zero-order valence-electron chi connectivity index (χ0n) is 10.6. The SMILES string of the molecule is CCNCC1(O)CCCC(C(C)C)CC1. The number of rotatable bonds is 4. The summed E-state index contributed by atoms with van der Waals surface area (Å²) in [5.74, 6) is 1.59. The Morgan fingerprint density at radius 1 is 1.33 bits per heavy atom. The molecule has 0 heterocycles. The number of hydrogen-bond acceptors (Lipinski definition) is 2. The minimum absolute atomic E-state index is 0.431. The van der Waals surface area contributed by atoms with Crippen LogP contribution in [0.3, 0.4) is 0 Å². The van der Waals surface area contributed by atoms with E-state index in [0.29, 0.717) is 0 Å². The maximum Gasteiger partial charge on any atom is 0.0771 e. The van der Waals surface area contributed by atoms with Crippen molar-refractivity contribution in [2.75, 3.05) is 13.1 Å². The molecule has 0 spiro atoms. The molecular weight excluding hydrogens is 186 g/mol. The molecule has 15 heavy (non-hydrogen) atoms. The number of nitrogens with one attached hydrogen (secondary N) is 1. The molecule has 1 saturated carbocycles. The van der Waals surface area contributed by atoms with E-state index in [1.54, 1.807) is 0 Å². The van der Waals surface area contributed by atoms with Crippen LogP contribution < -0.4 is 5.32 Å². The monoisotopic (exact) mass is 213 g/mol. The third-order valence-corrected chi connectivity index (χ3v) is 3.84. The van der Waals surface area contributed by atoms with Gasteiger partial charge in [0.2, 0.25) is 0 Å². The predicted octanol–water partition coefficient (Wildman–Crippen LogP) is 2.56. The molecule has 0 saturated heterocycles. The normalized spacial score (nSPS) is 33.0. The van der Waals surface area contributed by atoms with Crippen LogP contribution >= 0.6 is 0 Å². The zero-order chi connectivity index (χ0) is 11.3. The largest absolute Gasteiger partial charge is 0.389 e. The van der Waals surface area contributed by atoms with E-state index in [9.17, 15) is 5.11 Å². The molecule has 0 aromatic heterocycles. The van der Waals surface area contributed by atoms with E-state index in [0.717, 1.165) is 37.8 Å². The van der Waals surface area contributed by atoms with Crippen LogP contribution in [-0.2, 0) is 0 Å². The summed E-state index contributed by atoms with van der Waals surface area (Å²) in [4.78, 5) is 0. The molecule has 1 aliphatic carbocycles. The Morgan fingerprint density at radius 2 is 2.07 bits per heavy atom. The second-order valence-electron chi connectivity index (χ2n) is 5.44. The quantitative estimate of drug-likeness (QED) is 0.703. The molecule has 0 aromatic rings. The van der Waals surface area contributed by atoms with Gasteiger partial charge in [-0.25, -0.2) is 0 Å². The Morgan fingerprint density at radius 3 is 2.67 bits per heavy atom. The standard InChI is InChI=1S/C13H27NO/c1-4-14-10-13(15)8-5-6-12(7-9-13)11(2)3/h11-12,14-15H,4-10H2,1-3H3. The highest BCUT2D eigenvalue weighted by Gasteiger charge is 2.30. The van der Waals surface area contributed by atoms with E-state index in [2.05, 4.69) is 26.1 Å². The molecule has 2 atom stereocenters. The van der Waals surface area contributed by atoms with Gasteiger partial charge in [-0.15, -0.1) is 0 Å². The molecular formula is C13H27NO. The van der Waals surface area contributed by atoms with Crippen LogP contribution in [0.2, 0.25) is 0 Å². The topological polar surface area (TPSA) is 32.3 Å². The van der Waals surface area contributed by atoms with Gasteiger partial charge in [0.25, 0.3) is 0 Å². The smallest absolute Gasteiger partial charge is 0.0771 e. The maximum absolute atomic E-state index is 10.4. The van der Waals surface area contributed by atoms with Crippen molar-refractivity contribution in [2.45, 2.75) is 58.5 Å². The summed E-state index contributed by atoms with van der Waals surface area (Å²) in [5, 5.41) is 13.7. The van der Waals surface area contributed by atoms with Crippen molar-refractivity contribution < 1.29 is 5.11 Å². The third-order valence-electron chi connectivity index (χ3n) is 3.84. The van der Waals surface area contributed by atoms with Gasteiger partial charge in [0.1, 0.15) is 0 Å². The lowest BCUT2D eigenvalue weighted by atomic mass is 9.88. The molecule has 2 unspecified atom stereocenters. The number of aliphatic hydroxyl groups is 1. The van der Waals surface area contributed by atoms with E-state index in [1.165, 1.54) is 19.3 Å². The molecule has 0 aliphatic heterocycles. The fourth-order valence-electron chi connectivity index (χ4n) is 2.62. The van der Waals surface area contributed by atoms with Crippen molar-refractivity contribution in [3.63, 3.8) is 0 Å². The summed E-state index contributed by atoms with van der Waals surface area (Å²) in [6, 6.07) is 0. The van der Waals surface area contributed by atoms with E-state index >= 15 is 0 Å². The third kappa shape index (κ3) is 4.12. The average molecular weight is 213 g/mol. The molecule has 1 rings (SSSR count). The fourth-order valence-corrected chi connectivity index (χ4v) is 2.62. The van der Waals surface area contributed by atoms with Crippen molar-refractivity contribution in [2.24, 2.45) is 11.8 Å². The Labute approximate surface area is 94.5 Å². The molecule has 1 fully saturated rings. The fraction of sp³-hybridized carbons (Fsp3) is 1.00. The Hall–Kier alpha value is -0.0800. The first kappa shape index (κ1) is 13.0. The summed E-state index contributed by atoms with van der Waals surface area (Å²) < 4.78 is 0. The van der Waals surface area contributed by atoms with Gasteiger partial charge in [0.05, 0.1) is 5.60 Å². The Bertz CT molecular complexity index is 181. The van der Waals surface area contributed by atoms with E-state index in [1.807, 2.05) is 0 Å². The highest BCUT2D eigenvalue weighted by atomic mass is 16.3. The molecule has 0 amide bonds. The summed E-state index contributed by atoms with van der Waals surface area (Å²) in [7, 11) is 0. The Kier molecular flexibility index (Phi) is 5.07. The molecule has 0 radical (unpaired) electrons. The highest BCUT2D eigenvalue weighted by molar-refractivity contribution is 4.85.